The Labute approximate surface area is 107 Å². The summed E-state index contributed by atoms with van der Waals surface area (Å²) in [7, 11) is 1.59. The van der Waals surface area contributed by atoms with E-state index in [0.29, 0.717) is 0 Å². The molecule has 0 spiro atoms. The van der Waals surface area contributed by atoms with Crippen LogP contribution in [-0.4, -0.2) is 22.8 Å². The summed E-state index contributed by atoms with van der Waals surface area (Å²) < 4.78 is 11.8. The van der Waals surface area contributed by atoms with Crippen LogP contribution in [0.2, 0.25) is 11.1 Å². The molecule has 3 unspecified atom stereocenters. The first-order chi connectivity index (χ1) is 7.92. The van der Waals surface area contributed by atoms with Crippen LogP contribution in [0.4, 0.5) is 0 Å². The summed E-state index contributed by atoms with van der Waals surface area (Å²) in [5, 5.41) is 0.141. The van der Waals surface area contributed by atoms with Gasteiger partial charge in [-0.2, -0.15) is 0 Å². The third kappa shape index (κ3) is 2.25. The minimum Gasteiger partial charge on any atom is -0.397 e. The van der Waals surface area contributed by atoms with Crippen molar-refractivity contribution in [1.82, 2.24) is 0 Å². The van der Waals surface area contributed by atoms with Crippen molar-refractivity contribution >= 4 is 8.56 Å². The number of rotatable bonds is 4. The Morgan fingerprint density at radius 3 is 2.12 bits per heavy atom. The summed E-state index contributed by atoms with van der Waals surface area (Å²) in [4.78, 5) is 0. The highest BCUT2D eigenvalue weighted by molar-refractivity contribution is 6.70. The molecule has 0 aliphatic heterocycles. The van der Waals surface area contributed by atoms with E-state index in [1.165, 1.54) is 12.8 Å². The van der Waals surface area contributed by atoms with E-state index in [4.69, 9.17) is 8.85 Å². The van der Waals surface area contributed by atoms with E-state index in [1.54, 1.807) is 0 Å². The first kappa shape index (κ1) is 13.3. The van der Waals surface area contributed by atoms with Crippen LogP contribution in [0.25, 0.3) is 0 Å². The van der Waals surface area contributed by atoms with Gasteiger partial charge in [-0.25, -0.2) is 0 Å². The summed E-state index contributed by atoms with van der Waals surface area (Å²) in [5.74, 6) is 2.42. The van der Waals surface area contributed by atoms with Crippen LogP contribution in [0.1, 0.15) is 33.6 Å². The zero-order chi connectivity index (χ0) is 12.7. The molecule has 0 aromatic heterocycles. The molecule has 0 aromatic carbocycles. The Morgan fingerprint density at radius 1 is 1.12 bits per heavy atom. The van der Waals surface area contributed by atoms with Crippen molar-refractivity contribution < 1.29 is 8.85 Å². The topological polar surface area (TPSA) is 18.5 Å². The van der Waals surface area contributed by atoms with Gasteiger partial charge < -0.3 is 8.85 Å². The van der Waals surface area contributed by atoms with Gasteiger partial charge in [-0.1, -0.05) is 32.9 Å². The van der Waals surface area contributed by atoms with Gasteiger partial charge in [0.2, 0.25) is 0 Å². The molecule has 0 N–H and O–H groups in total. The summed E-state index contributed by atoms with van der Waals surface area (Å²) in [6, 6.07) is 1.15. The number of hydrogen-bond acceptors (Lipinski definition) is 2. The highest BCUT2D eigenvalue weighted by atomic mass is 28.4. The summed E-state index contributed by atoms with van der Waals surface area (Å²) in [6.07, 6.45) is 7.54. The highest BCUT2D eigenvalue weighted by Gasteiger charge is 2.51. The van der Waals surface area contributed by atoms with E-state index in [9.17, 15) is 0 Å². The average Bonchev–Trinajstić information content (AvgIpc) is 2.85. The fourth-order valence-corrected chi connectivity index (χ4v) is 7.14. The average molecular weight is 254 g/mol. The van der Waals surface area contributed by atoms with Crippen molar-refractivity contribution in [2.24, 2.45) is 17.8 Å². The predicted molar refractivity (Wildman–Crippen MR) is 73.1 cm³/mol. The molecule has 2 aliphatic rings. The molecule has 3 atom stereocenters. The second-order valence-corrected chi connectivity index (χ2v) is 10.9. The Balaban J connectivity index is 2.11. The smallest absolute Gasteiger partial charge is 0.343 e. The molecular weight excluding hydrogens is 228 g/mol. The van der Waals surface area contributed by atoms with Crippen LogP contribution in [0.3, 0.4) is 0 Å². The zero-order valence-corrected chi connectivity index (χ0v) is 12.8. The highest BCUT2D eigenvalue weighted by Crippen LogP contribution is 2.50. The molecule has 0 radical (unpaired) electrons. The molecule has 3 heteroatoms. The van der Waals surface area contributed by atoms with E-state index < -0.39 is 8.56 Å². The van der Waals surface area contributed by atoms with E-state index >= 15 is 0 Å². The van der Waals surface area contributed by atoms with Gasteiger partial charge in [-0.15, -0.1) is 0 Å². The first-order valence-corrected chi connectivity index (χ1v) is 8.73. The van der Waals surface area contributed by atoms with Crippen LogP contribution in [0.5, 0.6) is 0 Å². The van der Waals surface area contributed by atoms with Crippen molar-refractivity contribution in [3.63, 3.8) is 0 Å². The fourth-order valence-electron chi connectivity index (χ4n) is 3.64. The second kappa shape index (κ2) is 4.52. The minimum absolute atomic E-state index is 0.141. The zero-order valence-electron chi connectivity index (χ0n) is 11.8. The molecule has 2 aliphatic carbocycles. The second-order valence-electron chi connectivity index (χ2n) is 6.66. The molecule has 2 rings (SSSR count). The lowest BCUT2D eigenvalue weighted by Crippen LogP contribution is -2.50. The molecule has 2 nitrogen and oxygen atoms in total. The Kier molecular flexibility index (Phi) is 3.54. The number of hydrogen-bond donors (Lipinski definition) is 0. The Bertz CT molecular complexity index is 302. The first-order valence-electron chi connectivity index (χ1n) is 6.70. The van der Waals surface area contributed by atoms with E-state index in [-0.39, 0.29) is 5.04 Å². The molecule has 0 saturated heterocycles. The molecule has 1 fully saturated rings. The van der Waals surface area contributed by atoms with Gasteiger partial charge in [0.25, 0.3) is 0 Å². The fraction of sp³-hybridized carbons (Fsp3) is 0.857. The maximum absolute atomic E-state index is 5.91. The molecule has 0 aromatic rings. The van der Waals surface area contributed by atoms with Crippen molar-refractivity contribution in [1.29, 1.82) is 0 Å². The largest absolute Gasteiger partial charge is 0.397 e. The standard InChI is InChI=1S/C14H26O2Si/c1-14(2,3)17(15-4,16-5)10-13-9-11-6-7-12(13)8-11/h6-7,11-13H,8-10H2,1-5H3. The van der Waals surface area contributed by atoms with Gasteiger partial charge in [0, 0.05) is 19.3 Å². The van der Waals surface area contributed by atoms with Crippen molar-refractivity contribution in [2.45, 2.75) is 44.7 Å². The molecule has 17 heavy (non-hydrogen) atoms. The number of allylic oxidation sites excluding steroid dienone is 2. The summed E-state index contributed by atoms with van der Waals surface area (Å²) >= 11 is 0. The lowest BCUT2D eigenvalue weighted by Gasteiger charge is -2.41. The van der Waals surface area contributed by atoms with E-state index in [0.717, 1.165) is 23.8 Å². The summed E-state index contributed by atoms with van der Waals surface area (Å²) in [5.41, 5.74) is 0. The Morgan fingerprint density at radius 2 is 1.76 bits per heavy atom. The van der Waals surface area contributed by atoms with E-state index in [2.05, 4.69) is 32.9 Å². The third-order valence-electron chi connectivity index (χ3n) is 4.75. The molecule has 0 amide bonds. The molecule has 98 valence electrons. The molecule has 2 bridgehead atoms. The van der Waals surface area contributed by atoms with Gasteiger partial charge in [0.05, 0.1) is 0 Å². The van der Waals surface area contributed by atoms with Crippen LogP contribution in [0.15, 0.2) is 12.2 Å². The van der Waals surface area contributed by atoms with Gasteiger partial charge in [0.15, 0.2) is 0 Å². The predicted octanol–water partition coefficient (Wildman–Crippen LogP) is 3.73. The summed E-state index contributed by atoms with van der Waals surface area (Å²) in [6.45, 7) is 6.78. The van der Waals surface area contributed by atoms with Gasteiger partial charge in [0.1, 0.15) is 0 Å². The SMILES string of the molecule is CO[Si](CC1CC2C=CC1C2)(OC)C(C)(C)C. The van der Waals surface area contributed by atoms with Crippen LogP contribution in [0, 0.1) is 17.8 Å². The Hall–Kier alpha value is -0.123. The quantitative estimate of drug-likeness (QED) is 0.562. The van der Waals surface area contributed by atoms with Gasteiger partial charge >= 0.3 is 8.56 Å². The molecule has 1 saturated carbocycles. The van der Waals surface area contributed by atoms with E-state index in [1.807, 2.05) is 14.2 Å². The van der Waals surface area contributed by atoms with Crippen molar-refractivity contribution in [3.8, 4) is 0 Å². The van der Waals surface area contributed by atoms with Gasteiger partial charge in [-0.3, -0.25) is 0 Å². The molecule has 0 heterocycles. The van der Waals surface area contributed by atoms with Crippen LogP contribution in [-0.2, 0) is 8.85 Å². The van der Waals surface area contributed by atoms with Crippen molar-refractivity contribution in [2.75, 3.05) is 14.2 Å². The normalized spacial score (nSPS) is 32.4. The molecular formula is C14H26O2Si. The lowest BCUT2D eigenvalue weighted by molar-refractivity contribution is 0.203. The minimum atomic E-state index is -2.08. The third-order valence-corrected chi connectivity index (χ3v) is 9.42. The monoisotopic (exact) mass is 254 g/mol. The maximum atomic E-state index is 5.91. The lowest BCUT2D eigenvalue weighted by atomic mass is 9.96. The number of fused-ring (bicyclic) bond motifs is 2. The van der Waals surface area contributed by atoms with Crippen LogP contribution < -0.4 is 0 Å². The van der Waals surface area contributed by atoms with Gasteiger partial charge in [-0.05, 0) is 36.6 Å². The van der Waals surface area contributed by atoms with Crippen molar-refractivity contribution in [3.05, 3.63) is 12.2 Å². The maximum Gasteiger partial charge on any atom is 0.343 e. The van der Waals surface area contributed by atoms with Crippen LogP contribution >= 0.6 is 0 Å².